The Hall–Kier alpha value is -1.51. The summed E-state index contributed by atoms with van der Waals surface area (Å²) in [7, 11) is 1.65. The molecule has 2 heterocycles. The van der Waals surface area contributed by atoms with Gasteiger partial charge in [0.15, 0.2) is 5.96 Å². The number of alkyl halides is 3. The lowest BCUT2D eigenvalue weighted by Crippen LogP contribution is -2.50. The van der Waals surface area contributed by atoms with Crippen molar-refractivity contribution in [2.75, 3.05) is 46.3 Å². The number of rotatable bonds is 5. The van der Waals surface area contributed by atoms with Crippen molar-refractivity contribution >= 4 is 11.9 Å². The molecule has 9 heteroatoms. The van der Waals surface area contributed by atoms with E-state index in [0.29, 0.717) is 38.4 Å². The summed E-state index contributed by atoms with van der Waals surface area (Å²) in [5.74, 6) is 1.23. The summed E-state index contributed by atoms with van der Waals surface area (Å²) in [5.41, 5.74) is 0. The van der Waals surface area contributed by atoms with E-state index in [9.17, 15) is 18.0 Å². The Balaban J connectivity index is 1.83. The third-order valence-corrected chi connectivity index (χ3v) is 4.98. The van der Waals surface area contributed by atoms with E-state index < -0.39 is 12.7 Å². The second kappa shape index (κ2) is 9.43. The van der Waals surface area contributed by atoms with E-state index in [4.69, 9.17) is 0 Å². The molecule has 0 bridgehead atoms. The van der Waals surface area contributed by atoms with E-state index in [1.165, 1.54) is 4.90 Å². The van der Waals surface area contributed by atoms with Crippen molar-refractivity contribution in [2.45, 2.75) is 44.8 Å². The molecule has 6 nitrogen and oxygen atoms in total. The second-order valence-corrected chi connectivity index (χ2v) is 7.09. The summed E-state index contributed by atoms with van der Waals surface area (Å²) in [6.07, 6.45) is -1.08. The van der Waals surface area contributed by atoms with Gasteiger partial charge in [0.05, 0.1) is 6.54 Å². The normalized spacial score (nSPS) is 23.3. The SMILES string of the molecule is CCN=C(NC1CCN(CC(F)(F)F)C1)N1CCC(CC(=O)NC)CC1. The number of halogens is 3. The zero-order valence-electron chi connectivity index (χ0n) is 15.6. The average molecular weight is 377 g/mol. The molecule has 0 saturated carbocycles. The van der Waals surface area contributed by atoms with Crippen LogP contribution in [-0.4, -0.2) is 80.2 Å². The highest BCUT2D eigenvalue weighted by Gasteiger charge is 2.35. The van der Waals surface area contributed by atoms with Crippen molar-refractivity contribution in [1.82, 2.24) is 20.4 Å². The van der Waals surface area contributed by atoms with E-state index in [1.54, 1.807) is 7.05 Å². The standard InChI is InChI=1S/C17H30F3N5O/c1-3-22-16(23-14-6-7-24(11-14)12-17(18,19)20)25-8-4-13(5-9-25)10-15(26)21-2/h13-14H,3-12H2,1-2H3,(H,21,26)(H,22,23). The van der Waals surface area contributed by atoms with Gasteiger partial charge in [-0.2, -0.15) is 13.2 Å². The number of hydrogen-bond acceptors (Lipinski definition) is 3. The van der Waals surface area contributed by atoms with Gasteiger partial charge >= 0.3 is 6.18 Å². The van der Waals surface area contributed by atoms with Crippen molar-refractivity contribution in [3.8, 4) is 0 Å². The van der Waals surface area contributed by atoms with Crippen LogP contribution in [0.4, 0.5) is 13.2 Å². The van der Waals surface area contributed by atoms with Crippen LogP contribution in [0.3, 0.4) is 0 Å². The van der Waals surface area contributed by atoms with Crippen molar-refractivity contribution in [3.05, 3.63) is 0 Å². The molecule has 2 fully saturated rings. The van der Waals surface area contributed by atoms with E-state index in [2.05, 4.69) is 20.5 Å². The number of nitrogens with one attached hydrogen (secondary N) is 2. The minimum atomic E-state index is -4.15. The van der Waals surface area contributed by atoms with Gasteiger partial charge in [0.2, 0.25) is 5.91 Å². The van der Waals surface area contributed by atoms with Gasteiger partial charge in [-0.1, -0.05) is 0 Å². The largest absolute Gasteiger partial charge is 0.401 e. The lowest BCUT2D eigenvalue weighted by molar-refractivity contribution is -0.143. The quantitative estimate of drug-likeness (QED) is 0.562. The number of amides is 1. The first-order valence-electron chi connectivity index (χ1n) is 9.36. The van der Waals surface area contributed by atoms with Crippen LogP contribution in [0.5, 0.6) is 0 Å². The molecule has 1 atom stereocenters. The number of carbonyl (C=O) groups excluding carboxylic acids is 1. The summed E-state index contributed by atoms with van der Waals surface area (Å²) in [5, 5.41) is 6.02. The van der Waals surface area contributed by atoms with Crippen LogP contribution in [0, 0.1) is 5.92 Å². The molecule has 1 amide bonds. The molecular formula is C17H30F3N5O. The number of aliphatic imine (C=N–C) groups is 1. The lowest BCUT2D eigenvalue weighted by atomic mass is 9.93. The van der Waals surface area contributed by atoms with E-state index in [1.807, 2.05) is 6.92 Å². The molecule has 2 rings (SSSR count). The number of guanidine groups is 1. The molecule has 1 unspecified atom stereocenters. The number of likely N-dealkylation sites (tertiary alicyclic amines) is 2. The molecule has 0 spiro atoms. The van der Waals surface area contributed by atoms with Crippen molar-refractivity contribution in [1.29, 1.82) is 0 Å². The Morgan fingerprint density at radius 3 is 2.46 bits per heavy atom. The molecule has 2 N–H and O–H groups in total. The third-order valence-electron chi connectivity index (χ3n) is 4.98. The van der Waals surface area contributed by atoms with Crippen LogP contribution >= 0.6 is 0 Å². The van der Waals surface area contributed by atoms with Gasteiger partial charge < -0.3 is 15.5 Å². The molecule has 0 aromatic rings. The van der Waals surface area contributed by atoms with Gasteiger partial charge in [-0.25, -0.2) is 0 Å². The smallest absolute Gasteiger partial charge is 0.359 e. The van der Waals surface area contributed by atoms with E-state index in [0.717, 1.165) is 31.9 Å². The minimum Gasteiger partial charge on any atom is -0.359 e. The first-order chi connectivity index (χ1) is 12.3. The Morgan fingerprint density at radius 1 is 1.19 bits per heavy atom. The number of piperidine rings is 1. The molecule has 2 saturated heterocycles. The highest BCUT2D eigenvalue weighted by Crippen LogP contribution is 2.22. The summed E-state index contributed by atoms with van der Waals surface area (Å²) in [6.45, 7) is 4.18. The van der Waals surface area contributed by atoms with E-state index >= 15 is 0 Å². The van der Waals surface area contributed by atoms with Gasteiger partial charge in [0.1, 0.15) is 0 Å². The average Bonchev–Trinajstić information content (AvgIpc) is 3.00. The van der Waals surface area contributed by atoms with Crippen LogP contribution in [0.2, 0.25) is 0 Å². The molecule has 0 aromatic carbocycles. The van der Waals surface area contributed by atoms with Gasteiger partial charge in [-0.3, -0.25) is 14.7 Å². The Bertz CT molecular complexity index is 489. The molecule has 0 radical (unpaired) electrons. The molecule has 0 aliphatic carbocycles. The summed E-state index contributed by atoms with van der Waals surface area (Å²) >= 11 is 0. The van der Waals surface area contributed by atoms with Crippen LogP contribution in [0.25, 0.3) is 0 Å². The van der Waals surface area contributed by atoms with Crippen molar-refractivity contribution in [3.63, 3.8) is 0 Å². The fourth-order valence-electron chi connectivity index (χ4n) is 3.63. The highest BCUT2D eigenvalue weighted by atomic mass is 19.4. The van der Waals surface area contributed by atoms with Crippen molar-refractivity contribution in [2.24, 2.45) is 10.9 Å². The van der Waals surface area contributed by atoms with Crippen LogP contribution in [0.1, 0.15) is 32.6 Å². The van der Waals surface area contributed by atoms with Crippen molar-refractivity contribution < 1.29 is 18.0 Å². The molecule has 2 aliphatic rings. The van der Waals surface area contributed by atoms with E-state index in [-0.39, 0.29) is 11.9 Å². The van der Waals surface area contributed by atoms with Crippen LogP contribution < -0.4 is 10.6 Å². The minimum absolute atomic E-state index is 0.00811. The zero-order chi connectivity index (χ0) is 19.2. The van der Waals surface area contributed by atoms with Gasteiger partial charge in [-0.15, -0.1) is 0 Å². The van der Waals surface area contributed by atoms with Gasteiger partial charge in [0.25, 0.3) is 0 Å². The van der Waals surface area contributed by atoms with Crippen LogP contribution in [-0.2, 0) is 4.79 Å². The third kappa shape index (κ3) is 6.66. The number of nitrogens with zero attached hydrogens (tertiary/aromatic N) is 3. The molecule has 0 aromatic heterocycles. The fraction of sp³-hybridized carbons (Fsp3) is 0.882. The molecule has 2 aliphatic heterocycles. The number of carbonyl (C=O) groups is 1. The molecule has 150 valence electrons. The maximum Gasteiger partial charge on any atom is 0.401 e. The summed E-state index contributed by atoms with van der Waals surface area (Å²) in [4.78, 5) is 19.6. The topological polar surface area (TPSA) is 60.0 Å². The first kappa shape index (κ1) is 20.8. The summed E-state index contributed by atoms with van der Waals surface area (Å²) in [6, 6.07) is -0.00811. The lowest BCUT2D eigenvalue weighted by Gasteiger charge is -2.35. The highest BCUT2D eigenvalue weighted by molar-refractivity contribution is 5.80. The predicted octanol–water partition coefficient (Wildman–Crippen LogP) is 1.44. The Labute approximate surface area is 153 Å². The van der Waals surface area contributed by atoms with Crippen LogP contribution in [0.15, 0.2) is 4.99 Å². The molecule has 26 heavy (non-hydrogen) atoms. The fourth-order valence-corrected chi connectivity index (χ4v) is 3.63. The Kier molecular flexibility index (Phi) is 7.55. The predicted molar refractivity (Wildman–Crippen MR) is 95.0 cm³/mol. The van der Waals surface area contributed by atoms with Gasteiger partial charge in [0, 0.05) is 52.2 Å². The molecular weight excluding hydrogens is 347 g/mol. The maximum atomic E-state index is 12.5. The monoisotopic (exact) mass is 377 g/mol. The number of hydrogen-bond donors (Lipinski definition) is 2. The second-order valence-electron chi connectivity index (χ2n) is 7.09. The maximum absolute atomic E-state index is 12.5. The Morgan fingerprint density at radius 2 is 1.88 bits per heavy atom. The van der Waals surface area contributed by atoms with Gasteiger partial charge in [-0.05, 0) is 32.1 Å². The zero-order valence-corrected chi connectivity index (χ0v) is 15.6. The first-order valence-corrected chi connectivity index (χ1v) is 9.36. The summed E-state index contributed by atoms with van der Waals surface area (Å²) < 4.78 is 37.6.